The first kappa shape index (κ1) is 26.1. The van der Waals surface area contributed by atoms with Crippen LogP contribution < -0.4 is 15.0 Å². The number of nitrogens with one attached hydrogen (secondary N) is 1. The molecule has 1 heterocycles. The molecule has 8 nitrogen and oxygen atoms in total. The predicted octanol–water partition coefficient (Wildman–Crippen LogP) is 5.07. The zero-order valence-corrected chi connectivity index (χ0v) is 22.5. The molecule has 2 aliphatic carbocycles. The normalized spacial score (nSPS) is 24.6. The number of anilines is 2. The van der Waals surface area contributed by atoms with Crippen LogP contribution in [0.2, 0.25) is 5.02 Å². The summed E-state index contributed by atoms with van der Waals surface area (Å²) >= 11 is 5.98. The minimum atomic E-state index is -0.709. The fraction of sp³-hybridized carbons (Fsp3) is 0.290. The fourth-order valence-electron chi connectivity index (χ4n) is 6.72. The van der Waals surface area contributed by atoms with Gasteiger partial charge in [0.1, 0.15) is 5.75 Å². The maximum atomic E-state index is 13.5. The standard InChI is InChI=1S/C31H27ClN2O6/c1-39-25-12-9-20(32)15-24(25)33-26(35)16-40-31(38)18-7-10-21(11-8-18)34-29(36)27-19-13-22(17-5-3-2-4-6-17)23(14-19)28(27)30(34)37/h2-12,15,19,22-23,27-28H,13-14,16H2,1H3,(H,33,35)/t19-,22+,23+,27+,28-/m0/s1. The molecule has 3 fully saturated rings. The Balaban J connectivity index is 1.10. The molecule has 6 rings (SSSR count). The largest absolute Gasteiger partial charge is 0.495 e. The van der Waals surface area contributed by atoms with Gasteiger partial charge in [0.25, 0.3) is 5.91 Å². The summed E-state index contributed by atoms with van der Waals surface area (Å²) < 4.78 is 10.3. The van der Waals surface area contributed by atoms with Crippen LogP contribution in [0.1, 0.15) is 34.7 Å². The van der Waals surface area contributed by atoms with Crippen LogP contribution >= 0.6 is 11.6 Å². The predicted molar refractivity (Wildman–Crippen MR) is 148 cm³/mol. The minimum absolute atomic E-state index is 0.155. The molecule has 3 aliphatic rings. The molecule has 9 heteroatoms. The third-order valence-electron chi connectivity index (χ3n) is 8.37. The average molecular weight is 559 g/mol. The molecule has 3 aromatic carbocycles. The van der Waals surface area contributed by atoms with E-state index in [1.807, 2.05) is 18.2 Å². The van der Waals surface area contributed by atoms with Crippen molar-refractivity contribution in [2.75, 3.05) is 23.9 Å². The Morgan fingerprint density at radius 2 is 1.68 bits per heavy atom. The number of nitrogens with zero attached hydrogens (tertiary/aromatic N) is 1. The first-order valence-electron chi connectivity index (χ1n) is 13.2. The number of carbonyl (C=O) groups excluding carboxylic acids is 4. The number of ether oxygens (including phenoxy) is 2. The lowest BCUT2D eigenvalue weighted by atomic mass is 9.73. The number of hydrogen-bond acceptors (Lipinski definition) is 6. The van der Waals surface area contributed by atoms with E-state index in [0.717, 1.165) is 12.8 Å². The third-order valence-corrected chi connectivity index (χ3v) is 8.61. The van der Waals surface area contributed by atoms with E-state index in [9.17, 15) is 19.2 Å². The van der Waals surface area contributed by atoms with E-state index in [1.165, 1.54) is 35.8 Å². The van der Waals surface area contributed by atoms with E-state index < -0.39 is 18.5 Å². The number of halogens is 1. The number of carbonyl (C=O) groups is 4. The zero-order valence-electron chi connectivity index (χ0n) is 21.7. The lowest BCUT2D eigenvalue weighted by molar-refractivity contribution is -0.123. The molecule has 5 atom stereocenters. The summed E-state index contributed by atoms with van der Waals surface area (Å²) in [5, 5.41) is 3.02. The molecule has 3 aromatic rings. The molecule has 2 bridgehead atoms. The summed E-state index contributed by atoms with van der Waals surface area (Å²) in [4.78, 5) is 53.1. The fourth-order valence-corrected chi connectivity index (χ4v) is 6.89. The van der Waals surface area contributed by atoms with Gasteiger partial charge in [-0.25, -0.2) is 4.79 Å². The van der Waals surface area contributed by atoms with Crippen molar-refractivity contribution in [2.24, 2.45) is 23.7 Å². The molecule has 2 saturated carbocycles. The van der Waals surface area contributed by atoms with Crippen LogP contribution in [0, 0.1) is 23.7 Å². The SMILES string of the molecule is COc1ccc(Cl)cc1NC(=O)COC(=O)c1ccc(N2C(=O)[C@@H]3[C@@H]4C[C@@H]([C@@H]3C2=O)[C@@H](c2ccccc2)C4)cc1. The molecule has 3 amide bonds. The Hall–Kier alpha value is -4.17. The Labute approximate surface area is 236 Å². The molecule has 0 unspecified atom stereocenters. The Bertz CT molecular complexity index is 1490. The molecule has 1 N–H and O–H groups in total. The summed E-state index contributed by atoms with van der Waals surface area (Å²) in [6.07, 6.45) is 1.83. The molecule has 40 heavy (non-hydrogen) atoms. The van der Waals surface area contributed by atoms with Crippen molar-refractivity contribution in [3.63, 3.8) is 0 Å². The topological polar surface area (TPSA) is 102 Å². The van der Waals surface area contributed by atoms with E-state index in [0.29, 0.717) is 28.1 Å². The van der Waals surface area contributed by atoms with Crippen molar-refractivity contribution in [1.29, 1.82) is 0 Å². The number of imide groups is 1. The maximum absolute atomic E-state index is 13.5. The van der Waals surface area contributed by atoms with E-state index in [1.54, 1.807) is 24.3 Å². The molecule has 204 valence electrons. The van der Waals surface area contributed by atoms with Crippen LogP contribution in [0.4, 0.5) is 11.4 Å². The Morgan fingerprint density at radius 1 is 0.950 bits per heavy atom. The van der Waals surface area contributed by atoms with E-state index >= 15 is 0 Å². The number of rotatable bonds is 7. The second-order valence-electron chi connectivity index (χ2n) is 10.5. The first-order valence-corrected chi connectivity index (χ1v) is 13.6. The van der Waals surface area contributed by atoms with Gasteiger partial charge in [-0.3, -0.25) is 19.3 Å². The van der Waals surface area contributed by atoms with Crippen molar-refractivity contribution < 1.29 is 28.7 Å². The first-order chi connectivity index (χ1) is 19.4. The van der Waals surface area contributed by atoms with E-state index in [2.05, 4.69) is 17.4 Å². The van der Waals surface area contributed by atoms with Crippen molar-refractivity contribution >= 4 is 46.7 Å². The van der Waals surface area contributed by atoms with E-state index in [-0.39, 0.29) is 41.0 Å². The van der Waals surface area contributed by atoms with Crippen LogP contribution in [0.25, 0.3) is 0 Å². The summed E-state index contributed by atoms with van der Waals surface area (Å²) in [6.45, 7) is -0.520. The lowest BCUT2D eigenvalue weighted by Crippen LogP contribution is -2.33. The van der Waals surface area contributed by atoms with Crippen LogP contribution in [0.3, 0.4) is 0 Å². The van der Waals surface area contributed by atoms with Crippen LogP contribution in [0.15, 0.2) is 72.8 Å². The molecule has 0 spiro atoms. The van der Waals surface area contributed by atoms with Gasteiger partial charge in [-0.2, -0.15) is 0 Å². The zero-order chi connectivity index (χ0) is 28.0. The van der Waals surface area contributed by atoms with Gasteiger partial charge in [0, 0.05) is 5.02 Å². The van der Waals surface area contributed by atoms with Gasteiger partial charge in [-0.15, -0.1) is 0 Å². The second kappa shape index (κ2) is 10.4. The smallest absolute Gasteiger partial charge is 0.338 e. The summed E-state index contributed by atoms with van der Waals surface area (Å²) in [7, 11) is 1.46. The Morgan fingerprint density at radius 3 is 2.40 bits per heavy atom. The monoisotopic (exact) mass is 558 g/mol. The summed E-state index contributed by atoms with van der Waals surface area (Å²) in [5.74, 6) is -1.11. The summed E-state index contributed by atoms with van der Waals surface area (Å²) in [5.41, 5.74) is 2.21. The highest BCUT2D eigenvalue weighted by atomic mass is 35.5. The van der Waals surface area contributed by atoms with Gasteiger partial charge in [-0.1, -0.05) is 41.9 Å². The number of fused-ring (bicyclic) bond motifs is 5. The maximum Gasteiger partial charge on any atom is 0.338 e. The number of methoxy groups -OCH3 is 1. The number of amides is 3. The van der Waals surface area contributed by atoms with Crippen molar-refractivity contribution in [3.8, 4) is 5.75 Å². The van der Waals surface area contributed by atoms with Crippen molar-refractivity contribution in [3.05, 3.63) is 88.9 Å². The molecule has 0 radical (unpaired) electrons. The molecule has 0 aromatic heterocycles. The number of benzene rings is 3. The van der Waals surface area contributed by atoms with Gasteiger partial charge in [0.2, 0.25) is 11.8 Å². The second-order valence-corrected chi connectivity index (χ2v) is 10.9. The minimum Gasteiger partial charge on any atom is -0.495 e. The molecular formula is C31H27ClN2O6. The third kappa shape index (κ3) is 4.52. The van der Waals surface area contributed by atoms with Crippen molar-refractivity contribution in [1.82, 2.24) is 0 Å². The van der Waals surface area contributed by atoms with Gasteiger partial charge in [0.05, 0.1) is 35.9 Å². The molecular weight excluding hydrogens is 532 g/mol. The average Bonchev–Trinajstić information content (AvgIpc) is 3.63. The van der Waals surface area contributed by atoms with E-state index in [4.69, 9.17) is 21.1 Å². The van der Waals surface area contributed by atoms with Gasteiger partial charge in [-0.05, 0) is 78.6 Å². The van der Waals surface area contributed by atoms with Gasteiger partial charge >= 0.3 is 5.97 Å². The highest BCUT2D eigenvalue weighted by Gasteiger charge is 2.64. The van der Waals surface area contributed by atoms with Crippen LogP contribution in [-0.4, -0.2) is 37.4 Å². The highest BCUT2D eigenvalue weighted by molar-refractivity contribution is 6.31. The summed E-state index contributed by atoms with van der Waals surface area (Å²) in [6, 6.07) is 21.1. The molecule has 1 saturated heterocycles. The number of esters is 1. The van der Waals surface area contributed by atoms with Crippen LogP contribution in [0.5, 0.6) is 5.75 Å². The van der Waals surface area contributed by atoms with Gasteiger partial charge in [0.15, 0.2) is 6.61 Å². The quantitative estimate of drug-likeness (QED) is 0.321. The lowest BCUT2D eigenvalue weighted by Gasteiger charge is -2.28. The molecule has 1 aliphatic heterocycles. The van der Waals surface area contributed by atoms with Crippen LogP contribution in [-0.2, 0) is 19.1 Å². The van der Waals surface area contributed by atoms with Gasteiger partial charge < -0.3 is 14.8 Å². The highest BCUT2D eigenvalue weighted by Crippen LogP contribution is 2.61. The van der Waals surface area contributed by atoms with Crippen molar-refractivity contribution in [2.45, 2.75) is 18.8 Å². The Kier molecular flexibility index (Phi) is 6.80. The number of hydrogen-bond donors (Lipinski definition) is 1.